The molecule has 0 saturated heterocycles. The van der Waals surface area contributed by atoms with Gasteiger partial charge in [0, 0.05) is 23.2 Å². The Morgan fingerprint density at radius 1 is 1.14 bits per heavy atom. The van der Waals surface area contributed by atoms with Crippen LogP contribution in [0, 0.1) is 0 Å². The van der Waals surface area contributed by atoms with Crippen LogP contribution in [-0.2, 0) is 16.6 Å². The predicted octanol–water partition coefficient (Wildman–Crippen LogP) is 3.24. The third-order valence-corrected chi connectivity index (χ3v) is 5.51. The Morgan fingerprint density at radius 2 is 1.86 bits per heavy atom. The Bertz CT molecular complexity index is 732. The van der Waals surface area contributed by atoms with E-state index in [0.717, 1.165) is 10.0 Å². The highest BCUT2D eigenvalue weighted by Crippen LogP contribution is 2.22. The molecule has 0 aliphatic rings. The van der Waals surface area contributed by atoms with Gasteiger partial charge in [-0.3, -0.25) is 0 Å². The van der Waals surface area contributed by atoms with Crippen LogP contribution in [-0.4, -0.2) is 19.3 Å². The van der Waals surface area contributed by atoms with Crippen molar-refractivity contribution in [1.29, 1.82) is 0 Å². The summed E-state index contributed by atoms with van der Waals surface area (Å²) < 4.78 is 27.5. The lowest BCUT2D eigenvalue weighted by Gasteiger charge is -2.21. The minimum atomic E-state index is -3.52. The number of benzene rings is 2. The molecule has 2 N–H and O–H groups in total. The number of hydrogen-bond donors (Lipinski definition) is 1. The Hall–Kier alpha value is -1.37. The summed E-state index contributed by atoms with van der Waals surface area (Å²) in [6, 6.07) is 14.0. The minimum absolute atomic E-state index is 0.280. The summed E-state index contributed by atoms with van der Waals surface area (Å²) in [7, 11) is -3.52. The van der Waals surface area contributed by atoms with Crippen LogP contribution in [0.2, 0.25) is 0 Å². The van der Waals surface area contributed by atoms with Crippen LogP contribution >= 0.6 is 15.9 Å². The van der Waals surface area contributed by atoms with Crippen molar-refractivity contribution in [2.24, 2.45) is 0 Å². The van der Waals surface area contributed by atoms with Gasteiger partial charge in [0.25, 0.3) is 0 Å². The van der Waals surface area contributed by atoms with Gasteiger partial charge >= 0.3 is 0 Å². The lowest BCUT2D eigenvalue weighted by molar-refractivity contribution is 0.423. The van der Waals surface area contributed by atoms with Gasteiger partial charge in [-0.1, -0.05) is 41.1 Å². The molecule has 0 spiro atoms. The van der Waals surface area contributed by atoms with Crippen LogP contribution in [0.1, 0.15) is 12.5 Å². The normalized spacial score (nSPS) is 11.8. The molecule has 0 heterocycles. The van der Waals surface area contributed by atoms with Gasteiger partial charge in [0.1, 0.15) is 0 Å². The highest BCUT2D eigenvalue weighted by Gasteiger charge is 2.23. The molecule has 2 aromatic rings. The summed E-state index contributed by atoms with van der Waals surface area (Å²) >= 11 is 3.30. The molecule has 0 aliphatic heterocycles. The fraction of sp³-hybridized carbons (Fsp3) is 0.200. The van der Waals surface area contributed by atoms with Gasteiger partial charge in [-0.2, -0.15) is 4.31 Å². The molecule has 0 radical (unpaired) electrons. The number of sulfonamides is 1. The second-order valence-corrected chi connectivity index (χ2v) is 7.49. The van der Waals surface area contributed by atoms with Crippen molar-refractivity contribution in [2.45, 2.75) is 18.4 Å². The monoisotopic (exact) mass is 368 g/mol. The molecule has 0 amide bonds. The SMILES string of the molecule is CCN(Cc1cccc(N)c1)S(=O)(=O)c1cccc(Br)c1. The standard InChI is InChI=1S/C15H17BrN2O2S/c1-2-18(11-12-5-3-7-14(17)9-12)21(19,20)15-8-4-6-13(16)10-15/h3-10H,2,11,17H2,1H3. The molecule has 0 bridgehead atoms. The van der Waals surface area contributed by atoms with E-state index < -0.39 is 10.0 Å². The zero-order valence-corrected chi connectivity index (χ0v) is 14.1. The number of nitrogens with zero attached hydrogens (tertiary/aromatic N) is 1. The fourth-order valence-electron chi connectivity index (χ4n) is 2.04. The quantitative estimate of drug-likeness (QED) is 0.823. The van der Waals surface area contributed by atoms with E-state index >= 15 is 0 Å². The lowest BCUT2D eigenvalue weighted by atomic mass is 10.2. The van der Waals surface area contributed by atoms with Crippen LogP contribution in [0.5, 0.6) is 0 Å². The van der Waals surface area contributed by atoms with Crippen molar-refractivity contribution in [1.82, 2.24) is 4.31 Å². The van der Waals surface area contributed by atoms with E-state index in [1.165, 1.54) is 4.31 Å². The third kappa shape index (κ3) is 3.84. The summed E-state index contributed by atoms with van der Waals surface area (Å²) in [5.74, 6) is 0. The summed E-state index contributed by atoms with van der Waals surface area (Å²) in [6.45, 7) is 2.52. The summed E-state index contributed by atoms with van der Waals surface area (Å²) in [4.78, 5) is 0.280. The molecule has 0 unspecified atom stereocenters. The van der Waals surface area contributed by atoms with E-state index in [2.05, 4.69) is 15.9 Å². The molecule has 0 atom stereocenters. The third-order valence-electron chi connectivity index (χ3n) is 3.10. The van der Waals surface area contributed by atoms with Crippen molar-refractivity contribution >= 4 is 31.6 Å². The number of anilines is 1. The van der Waals surface area contributed by atoms with Crippen LogP contribution in [0.25, 0.3) is 0 Å². The highest BCUT2D eigenvalue weighted by atomic mass is 79.9. The second-order valence-electron chi connectivity index (χ2n) is 4.63. The Kier molecular flexibility index (Phi) is 5.03. The van der Waals surface area contributed by atoms with E-state index in [9.17, 15) is 8.42 Å². The molecule has 2 aromatic carbocycles. The molecule has 0 aromatic heterocycles. The maximum absolute atomic E-state index is 12.7. The largest absolute Gasteiger partial charge is 0.399 e. The van der Waals surface area contributed by atoms with E-state index in [4.69, 9.17) is 5.73 Å². The van der Waals surface area contributed by atoms with Gasteiger partial charge in [-0.15, -0.1) is 0 Å². The maximum atomic E-state index is 12.7. The molecular formula is C15H17BrN2O2S. The molecule has 4 nitrogen and oxygen atoms in total. The molecule has 2 rings (SSSR count). The fourth-order valence-corrected chi connectivity index (χ4v) is 4.07. The molecule has 0 fully saturated rings. The molecule has 112 valence electrons. The molecule has 0 aliphatic carbocycles. The van der Waals surface area contributed by atoms with E-state index in [0.29, 0.717) is 18.8 Å². The van der Waals surface area contributed by atoms with E-state index in [1.54, 1.807) is 36.4 Å². The average Bonchev–Trinajstić information content (AvgIpc) is 2.44. The van der Waals surface area contributed by atoms with Crippen molar-refractivity contribution in [3.8, 4) is 0 Å². The van der Waals surface area contributed by atoms with Crippen molar-refractivity contribution in [3.05, 3.63) is 58.6 Å². The predicted molar refractivity (Wildman–Crippen MR) is 88.3 cm³/mol. The zero-order chi connectivity index (χ0) is 15.5. The Balaban J connectivity index is 2.32. The van der Waals surface area contributed by atoms with Crippen LogP contribution in [0.4, 0.5) is 5.69 Å². The first kappa shape index (κ1) is 16.0. The Morgan fingerprint density at radius 3 is 2.48 bits per heavy atom. The first-order valence-corrected chi connectivity index (χ1v) is 8.77. The number of halogens is 1. The van der Waals surface area contributed by atoms with Gasteiger partial charge in [0.15, 0.2) is 0 Å². The summed E-state index contributed by atoms with van der Waals surface area (Å²) in [5, 5.41) is 0. The first-order valence-electron chi connectivity index (χ1n) is 6.53. The summed E-state index contributed by atoms with van der Waals surface area (Å²) in [6.07, 6.45) is 0. The topological polar surface area (TPSA) is 63.4 Å². The number of rotatable bonds is 5. The van der Waals surface area contributed by atoms with Crippen molar-refractivity contribution < 1.29 is 8.42 Å². The van der Waals surface area contributed by atoms with Crippen molar-refractivity contribution in [3.63, 3.8) is 0 Å². The Labute approximate surface area is 133 Å². The van der Waals surface area contributed by atoms with Gasteiger partial charge in [0.2, 0.25) is 10.0 Å². The molecule has 6 heteroatoms. The molecular weight excluding hydrogens is 352 g/mol. The van der Waals surface area contributed by atoms with Crippen LogP contribution < -0.4 is 5.73 Å². The van der Waals surface area contributed by atoms with E-state index in [-0.39, 0.29) is 4.90 Å². The van der Waals surface area contributed by atoms with Gasteiger partial charge in [-0.05, 0) is 35.9 Å². The molecule has 21 heavy (non-hydrogen) atoms. The maximum Gasteiger partial charge on any atom is 0.243 e. The van der Waals surface area contributed by atoms with E-state index in [1.807, 2.05) is 19.1 Å². The van der Waals surface area contributed by atoms with Crippen LogP contribution in [0.3, 0.4) is 0 Å². The summed E-state index contributed by atoms with van der Waals surface area (Å²) in [5.41, 5.74) is 7.24. The number of nitrogen functional groups attached to an aromatic ring is 1. The zero-order valence-electron chi connectivity index (χ0n) is 11.7. The van der Waals surface area contributed by atoms with Gasteiger partial charge < -0.3 is 5.73 Å². The van der Waals surface area contributed by atoms with Gasteiger partial charge in [-0.25, -0.2) is 8.42 Å². The van der Waals surface area contributed by atoms with Crippen molar-refractivity contribution in [2.75, 3.05) is 12.3 Å². The van der Waals surface area contributed by atoms with Crippen LogP contribution in [0.15, 0.2) is 57.9 Å². The minimum Gasteiger partial charge on any atom is -0.399 e. The molecule has 0 saturated carbocycles. The average molecular weight is 369 g/mol. The first-order chi connectivity index (χ1) is 9.93. The number of nitrogens with two attached hydrogens (primary N) is 1. The smallest absolute Gasteiger partial charge is 0.243 e. The lowest BCUT2D eigenvalue weighted by Crippen LogP contribution is -2.30. The van der Waals surface area contributed by atoms with Gasteiger partial charge in [0.05, 0.1) is 4.90 Å². The number of hydrogen-bond acceptors (Lipinski definition) is 3. The second kappa shape index (κ2) is 6.60. The highest BCUT2D eigenvalue weighted by molar-refractivity contribution is 9.10.